The molecule has 338 valence electrons. The number of hydrogen-bond donors (Lipinski definition) is 3. The summed E-state index contributed by atoms with van der Waals surface area (Å²) in [6.45, 7) is 3.19. The average Bonchev–Trinajstić information content (AvgIpc) is 4.15. The Bertz CT molecular complexity index is 2670. The number of nitrogens with zero attached hydrogens (tertiary/aromatic N) is 9. The number of likely N-dealkylation sites (tertiary alicyclic amines) is 1. The number of aromatic nitrogens is 7. The summed E-state index contributed by atoms with van der Waals surface area (Å²) < 4.78 is 44.5. The number of imide groups is 1. The summed E-state index contributed by atoms with van der Waals surface area (Å²) in [5.74, 6) is 5.41. The molecule has 10 rings (SSSR count). The molecular weight excluding hydrogens is 833 g/mol. The van der Waals surface area contributed by atoms with Crippen LogP contribution < -0.4 is 21.2 Å². The molecular formula is C44H51F2N11O7. The van der Waals surface area contributed by atoms with E-state index in [1.807, 2.05) is 6.07 Å². The standard InChI is InChI=1S/C22H25F2N7O2.C22H26N4O5/c23-20(24)19-17(11-31(28-19)13-4-2-1-3-5-13)26-22(32)16-9-25-30-7-6-18(27-21(16)30)29-10-15-8-14(29)12-33-15;1-24-11-9-16(10-12-24)31-13-3-5-15-4-2-6-17-20(15)25(14-27)22(30)26(17)18-7-8-19(28)23-21(18)29/h6-7,9,11,13-15,20H,1-5,8,10,12H2,(H,26,32);2,4,6,16,18,27H,7-14H2,1H3,(H,23,28,29). The molecule has 2 bridgehead atoms. The van der Waals surface area contributed by atoms with Crippen LogP contribution in [0, 0.1) is 11.8 Å². The number of para-hydroxylation sites is 1. The van der Waals surface area contributed by atoms with Crippen molar-refractivity contribution in [1.29, 1.82) is 0 Å². The van der Waals surface area contributed by atoms with Gasteiger partial charge in [0, 0.05) is 38.4 Å². The molecule has 1 aliphatic carbocycles. The number of piperidine rings is 2. The molecule has 3 amide bonds. The lowest BCUT2D eigenvalue weighted by atomic mass is 9.96. The van der Waals surface area contributed by atoms with E-state index in [4.69, 9.17) is 9.47 Å². The first-order chi connectivity index (χ1) is 31.1. The van der Waals surface area contributed by atoms with Crippen molar-refractivity contribution in [3.8, 4) is 11.8 Å². The lowest BCUT2D eigenvalue weighted by Crippen LogP contribution is -2.44. The Morgan fingerprint density at radius 2 is 1.89 bits per heavy atom. The van der Waals surface area contributed by atoms with Crippen LogP contribution in [0.15, 0.2) is 47.7 Å². The van der Waals surface area contributed by atoms with Gasteiger partial charge in [-0.3, -0.25) is 33.5 Å². The van der Waals surface area contributed by atoms with Crippen molar-refractivity contribution in [3.63, 3.8) is 0 Å². The number of alkyl halides is 2. The second-order valence-corrected chi connectivity index (χ2v) is 17.0. The summed E-state index contributed by atoms with van der Waals surface area (Å²) in [5, 5.41) is 23.1. The molecule has 3 atom stereocenters. The fraction of sp³-hybridized carbons (Fsp3) is 0.523. The summed E-state index contributed by atoms with van der Waals surface area (Å²) in [4.78, 5) is 59.1. The molecule has 3 N–H and O–H groups in total. The Labute approximate surface area is 366 Å². The van der Waals surface area contributed by atoms with Crippen LogP contribution in [-0.2, 0) is 25.8 Å². The van der Waals surface area contributed by atoms with E-state index >= 15 is 0 Å². The van der Waals surface area contributed by atoms with E-state index in [9.17, 15) is 33.1 Å². The Kier molecular flexibility index (Phi) is 12.6. The Hall–Kier alpha value is -6.01. The predicted molar refractivity (Wildman–Crippen MR) is 229 cm³/mol. The van der Waals surface area contributed by atoms with Crippen LogP contribution in [0.4, 0.5) is 20.3 Å². The van der Waals surface area contributed by atoms with Crippen molar-refractivity contribution < 1.29 is 37.7 Å². The minimum atomic E-state index is -2.79. The first-order valence-corrected chi connectivity index (χ1v) is 21.9. The third-order valence-electron chi connectivity index (χ3n) is 12.9. The number of fused-ring (bicyclic) bond motifs is 4. The number of aliphatic hydroxyl groups is 1. The average molecular weight is 884 g/mol. The van der Waals surface area contributed by atoms with Crippen molar-refractivity contribution in [1.82, 2.24) is 43.7 Å². The van der Waals surface area contributed by atoms with Gasteiger partial charge < -0.3 is 29.7 Å². The van der Waals surface area contributed by atoms with Gasteiger partial charge in [-0.1, -0.05) is 37.2 Å². The molecule has 8 heterocycles. The fourth-order valence-corrected chi connectivity index (χ4v) is 9.49. The number of ether oxygens (including phenoxy) is 2. The van der Waals surface area contributed by atoms with Gasteiger partial charge in [0.2, 0.25) is 11.8 Å². The number of hydrogen-bond acceptors (Lipinski definition) is 12. The van der Waals surface area contributed by atoms with Gasteiger partial charge in [-0.05, 0) is 63.8 Å². The molecule has 0 spiro atoms. The Morgan fingerprint density at radius 3 is 2.61 bits per heavy atom. The minimum absolute atomic E-state index is 0.0325. The maximum Gasteiger partial charge on any atom is 0.331 e. The van der Waals surface area contributed by atoms with E-state index in [1.54, 1.807) is 29.1 Å². The zero-order chi connectivity index (χ0) is 44.5. The predicted octanol–water partition coefficient (Wildman–Crippen LogP) is 3.79. The number of aliphatic hydroxyl groups excluding tert-OH is 1. The van der Waals surface area contributed by atoms with Crippen LogP contribution in [0.5, 0.6) is 0 Å². The second-order valence-electron chi connectivity index (χ2n) is 17.0. The topological polar surface area (TPSA) is 195 Å². The molecule has 3 unspecified atom stereocenters. The van der Waals surface area contributed by atoms with Gasteiger partial charge in [-0.25, -0.2) is 23.1 Å². The number of rotatable bonds is 9. The van der Waals surface area contributed by atoms with Crippen molar-refractivity contribution in [2.24, 2.45) is 0 Å². The fourth-order valence-electron chi connectivity index (χ4n) is 9.49. The highest BCUT2D eigenvalue weighted by Gasteiger charge is 2.40. The van der Waals surface area contributed by atoms with Gasteiger partial charge in [-0.15, -0.1) is 0 Å². The smallest absolute Gasteiger partial charge is 0.331 e. The highest BCUT2D eigenvalue weighted by Crippen LogP contribution is 2.34. The van der Waals surface area contributed by atoms with E-state index in [1.165, 1.54) is 26.0 Å². The third-order valence-corrected chi connectivity index (χ3v) is 12.9. The van der Waals surface area contributed by atoms with Gasteiger partial charge in [-0.2, -0.15) is 10.2 Å². The number of carbonyl (C=O) groups is 3. The molecule has 1 saturated carbocycles. The highest BCUT2D eigenvalue weighted by molar-refractivity contribution is 6.08. The molecule has 1 aromatic carbocycles. The maximum absolute atomic E-state index is 13.7. The van der Waals surface area contributed by atoms with Gasteiger partial charge in [0.1, 0.15) is 30.8 Å². The van der Waals surface area contributed by atoms with E-state index in [2.05, 4.69) is 54.5 Å². The molecule has 5 aliphatic rings. The first kappa shape index (κ1) is 43.3. The van der Waals surface area contributed by atoms with Crippen LogP contribution >= 0.6 is 0 Å². The monoisotopic (exact) mass is 883 g/mol. The number of nitrogens with one attached hydrogen (secondary N) is 2. The zero-order valence-corrected chi connectivity index (χ0v) is 35.5. The van der Waals surface area contributed by atoms with Crippen molar-refractivity contribution in [2.45, 2.75) is 108 Å². The van der Waals surface area contributed by atoms with Gasteiger partial charge in [0.15, 0.2) is 11.3 Å². The van der Waals surface area contributed by atoms with E-state index in [-0.39, 0.29) is 60.9 Å². The molecule has 5 aromatic rings. The largest absolute Gasteiger partial charge is 0.376 e. The van der Waals surface area contributed by atoms with Gasteiger partial charge in [0.05, 0.1) is 59.4 Å². The highest BCUT2D eigenvalue weighted by atomic mass is 19.3. The van der Waals surface area contributed by atoms with Crippen molar-refractivity contribution in [3.05, 3.63) is 70.2 Å². The molecule has 64 heavy (non-hydrogen) atoms. The summed E-state index contributed by atoms with van der Waals surface area (Å²) in [7, 11) is 2.10. The van der Waals surface area contributed by atoms with Crippen LogP contribution in [0.1, 0.15) is 104 Å². The Morgan fingerprint density at radius 1 is 1.08 bits per heavy atom. The number of amides is 3. The molecule has 18 nitrogen and oxygen atoms in total. The number of morpholine rings is 1. The van der Waals surface area contributed by atoms with Crippen molar-refractivity contribution >= 4 is 45.9 Å². The van der Waals surface area contributed by atoms with Crippen LogP contribution in [0.25, 0.3) is 16.7 Å². The van der Waals surface area contributed by atoms with Crippen molar-refractivity contribution in [2.75, 3.05) is 50.1 Å². The molecule has 4 saturated heterocycles. The number of carbonyl (C=O) groups excluding carboxylic acids is 3. The molecule has 4 aromatic heterocycles. The number of anilines is 2. The quantitative estimate of drug-likeness (QED) is 0.144. The SMILES string of the molecule is CN1CCC(OCC#Cc2cccc3c2n(CO)c(=O)n3C2CCC(=O)NC2=O)CC1.O=C(Nc1cn(C2CCCCC2)nc1C(F)F)c1cnn2ccc(N3CC4CC3CO4)nc12. The molecule has 5 fully saturated rings. The van der Waals surface area contributed by atoms with E-state index < -0.39 is 42.4 Å². The number of imidazole rings is 1. The molecule has 4 aliphatic heterocycles. The molecule has 0 radical (unpaired) electrons. The normalized spacial score (nSPS) is 21.9. The molecule has 20 heteroatoms. The van der Waals surface area contributed by atoms with E-state index in [0.29, 0.717) is 28.9 Å². The zero-order valence-electron chi connectivity index (χ0n) is 35.5. The van der Waals surface area contributed by atoms with Crippen LogP contribution in [-0.4, -0.2) is 119 Å². The summed E-state index contributed by atoms with van der Waals surface area (Å²) >= 11 is 0. The summed E-state index contributed by atoms with van der Waals surface area (Å²) in [6.07, 6.45) is 10.7. The summed E-state index contributed by atoms with van der Waals surface area (Å²) in [6, 6.07) is 6.67. The first-order valence-electron chi connectivity index (χ1n) is 21.9. The number of halogens is 2. The van der Waals surface area contributed by atoms with Crippen LogP contribution in [0.3, 0.4) is 0 Å². The van der Waals surface area contributed by atoms with Crippen LogP contribution in [0.2, 0.25) is 0 Å². The maximum atomic E-state index is 13.7. The lowest BCUT2D eigenvalue weighted by molar-refractivity contribution is -0.135. The second kappa shape index (κ2) is 18.6. The van der Waals surface area contributed by atoms with Gasteiger partial charge in [0.25, 0.3) is 12.3 Å². The lowest BCUT2D eigenvalue weighted by Gasteiger charge is -2.28. The van der Waals surface area contributed by atoms with Gasteiger partial charge >= 0.3 is 5.69 Å². The minimum Gasteiger partial charge on any atom is -0.376 e. The Balaban J connectivity index is 0.000000162. The summed E-state index contributed by atoms with van der Waals surface area (Å²) in [5.41, 5.74) is 1.25. The number of benzene rings is 1. The van der Waals surface area contributed by atoms with E-state index in [0.717, 1.165) is 76.8 Å². The third kappa shape index (κ3) is 8.76.